The van der Waals surface area contributed by atoms with Crippen LogP contribution in [0.2, 0.25) is 0 Å². The predicted molar refractivity (Wildman–Crippen MR) is 101 cm³/mol. The number of amides is 2. The van der Waals surface area contributed by atoms with Gasteiger partial charge in [0.2, 0.25) is 0 Å². The molecular formula is C17H14N4OS2. The van der Waals surface area contributed by atoms with Crippen LogP contribution in [0.5, 0.6) is 0 Å². The molecule has 0 atom stereocenters. The summed E-state index contributed by atoms with van der Waals surface area (Å²) in [5.74, 6) is 0. The minimum Gasteiger partial charge on any atom is -0.351 e. The first-order valence-corrected chi connectivity index (χ1v) is 9.13. The van der Waals surface area contributed by atoms with Crippen LogP contribution in [0, 0.1) is 0 Å². The number of thiazole rings is 1. The number of rotatable bonds is 3. The smallest absolute Gasteiger partial charge is 0.326 e. The molecule has 0 saturated carbocycles. The first-order chi connectivity index (χ1) is 11.7. The third kappa shape index (κ3) is 2.68. The zero-order chi connectivity index (χ0) is 16.5. The number of benzene rings is 1. The van der Waals surface area contributed by atoms with Gasteiger partial charge in [0.05, 0.1) is 22.6 Å². The first kappa shape index (κ1) is 14.9. The fourth-order valence-corrected chi connectivity index (χ4v) is 3.74. The summed E-state index contributed by atoms with van der Waals surface area (Å²) in [6.07, 6.45) is 1.78. The van der Waals surface area contributed by atoms with Crippen LogP contribution >= 0.6 is 22.7 Å². The quantitative estimate of drug-likeness (QED) is 0.542. The fourth-order valence-electron chi connectivity index (χ4n) is 2.54. The van der Waals surface area contributed by atoms with E-state index in [4.69, 9.17) is 0 Å². The van der Waals surface area contributed by atoms with Gasteiger partial charge >= 0.3 is 6.03 Å². The number of para-hydroxylation sites is 1. The molecule has 0 aliphatic carbocycles. The van der Waals surface area contributed by atoms with E-state index in [-0.39, 0.29) is 6.03 Å². The van der Waals surface area contributed by atoms with Crippen LogP contribution in [0.3, 0.4) is 0 Å². The molecule has 1 aromatic carbocycles. The third-order valence-electron chi connectivity index (χ3n) is 3.74. The lowest BCUT2D eigenvalue weighted by Gasteiger charge is -2.18. The monoisotopic (exact) mass is 354 g/mol. The first-order valence-electron chi connectivity index (χ1n) is 7.31. The maximum atomic E-state index is 12.5. The summed E-state index contributed by atoms with van der Waals surface area (Å²) in [6.45, 7) is 0. The maximum absolute atomic E-state index is 12.5. The Morgan fingerprint density at radius 1 is 1.29 bits per heavy atom. The van der Waals surface area contributed by atoms with Gasteiger partial charge in [-0.25, -0.2) is 9.78 Å². The van der Waals surface area contributed by atoms with Gasteiger partial charge in [-0.2, -0.15) is 11.3 Å². The van der Waals surface area contributed by atoms with E-state index in [1.807, 2.05) is 40.4 Å². The topological polar surface area (TPSA) is 61.0 Å². The molecule has 3 heterocycles. The molecule has 0 aliphatic heterocycles. The highest BCUT2D eigenvalue weighted by Gasteiger charge is 2.16. The van der Waals surface area contributed by atoms with Crippen LogP contribution in [0.1, 0.15) is 0 Å². The highest BCUT2D eigenvalue weighted by atomic mass is 32.1. The van der Waals surface area contributed by atoms with Crippen LogP contribution in [0.25, 0.3) is 21.6 Å². The molecule has 0 aliphatic rings. The molecule has 2 amide bonds. The number of H-pyrrole nitrogens is 1. The number of fused-ring (bicyclic) bond motifs is 1. The van der Waals surface area contributed by atoms with Gasteiger partial charge in [0.1, 0.15) is 5.01 Å². The maximum Gasteiger partial charge on any atom is 0.326 e. The standard InChI is InChI=1S/C17H14N4OS2/c1-21(17(22)19-12-5-7-23-10-12)14-4-2-3-11-9-13(20-15(11)14)16-18-6-8-24-16/h2-10,20H,1H3,(H,19,22). The predicted octanol–water partition coefficient (Wildman–Crippen LogP) is 5.02. The second-order valence-corrected chi connectivity index (χ2v) is 6.94. The number of hydrogen-bond donors (Lipinski definition) is 2. The molecule has 4 rings (SSSR count). The Balaban J connectivity index is 1.69. The minimum atomic E-state index is -0.175. The van der Waals surface area contributed by atoms with Crippen LogP contribution in [0.15, 0.2) is 52.7 Å². The van der Waals surface area contributed by atoms with Crippen LogP contribution < -0.4 is 10.2 Å². The van der Waals surface area contributed by atoms with E-state index in [0.717, 1.165) is 33.0 Å². The molecule has 24 heavy (non-hydrogen) atoms. The van der Waals surface area contributed by atoms with E-state index < -0.39 is 0 Å². The van der Waals surface area contributed by atoms with Gasteiger partial charge < -0.3 is 10.3 Å². The number of nitrogens with zero attached hydrogens (tertiary/aromatic N) is 2. The van der Waals surface area contributed by atoms with Crippen molar-refractivity contribution in [1.82, 2.24) is 9.97 Å². The Kier molecular flexibility index (Phi) is 3.79. The van der Waals surface area contributed by atoms with Crippen molar-refractivity contribution in [2.24, 2.45) is 0 Å². The molecule has 0 saturated heterocycles. The van der Waals surface area contributed by atoms with Gasteiger partial charge in [0.15, 0.2) is 0 Å². The summed E-state index contributed by atoms with van der Waals surface area (Å²) in [6, 6.07) is 9.67. The molecule has 0 bridgehead atoms. The molecule has 0 fully saturated rings. The Hall–Kier alpha value is -2.64. The number of nitrogens with one attached hydrogen (secondary N) is 2. The molecule has 0 radical (unpaired) electrons. The summed E-state index contributed by atoms with van der Waals surface area (Å²) < 4.78 is 0. The summed E-state index contributed by atoms with van der Waals surface area (Å²) in [5, 5.41) is 10.7. The van der Waals surface area contributed by atoms with Crippen LogP contribution in [-0.4, -0.2) is 23.0 Å². The lowest BCUT2D eigenvalue weighted by molar-refractivity contribution is 0.258. The van der Waals surface area contributed by atoms with Crippen molar-refractivity contribution < 1.29 is 4.79 Å². The summed E-state index contributed by atoms with van der Waals surface area (Å²) in [4.78, 5) is 21.8. The molecule has 2 N–H and O–H groups in total. The number of aromatic amines is 1. The Bertz CT molecular complexity index is 974. The van der Waals surface area contributed by atoms with E-state index >= 15 is 0 Å². The van der Waals surface area contributed by atoms with Crippen molar-refractivity contribution >= 4 is 51.0 Å². The normalized spacial score (nSPS) is 10.9. The van der Waals surface area contributed by atoms with Gasteiger partial charge in [0.25, 0.3) is 0 Å². The lowest BCUT2D eigenvalue weighted by Crippen LogP contribution is -2.31. The molecule has 3 aromatic heterocycles. The third-order valence-corrected chi connectivity index (χ3v) is 5.22. The van der Waals surface area contributed by atoms with Gasteiger partial charge in [-0.15, -0.1) is 11.3 Å². The number of thiophene rings is 1. The van der Waals surface area contributed by atoms with Gasteiger partial charge in [-0.1, -0.05) is 12.1 Å². The number of aromatic nitrogens is 2. The largest absolute Gasteiger partial charge is 0.351 e. The second-order valence-electron chi connectivity index (χ2n) is 5.26. The minimum absolute atomic E-state index is 0.175. The number of carbonyl (C=O) groups excluding carboxylic acids is 1. The van der Waals surface area contributed by atoms with Crippen molar-refractivity contribution in [3.8, 4) is 10.7 Å². The van der Waals surface area contributed by atoms with Gasteiger partial charge in [-0.3, -0.25) is 4.90 Å². The average molecular weight is 354 g/mol. The van der Waals surface area contributed by atoms with Gasteiger partial charge in [-0.05, 0) is 23.6 Å². The number of anilines is 2. The van der Waals surface area contributed by atoms with Crippen LogP contribution in [0.4, 0.5) is 16.2 Å². The molecule has 0 unspecified atom stereocenters. The molecular weight excluding hydrogens is 340 g/mol. The van der Waals surface area contributed by atoms with E-state index in [2.05, 4.69) is 21.4 Å². The van der Waals surface area contributed by atoms with Crippen molar-refractivity contribution in [3.63, 3.8) is 0 Å². The summed E-state index contributed by atoms with van der Waals surface area (Å²) in [5.41, 5.74) is 3.51. The molecule has 7 heteroatoms. The van der Waals surface area contributed by atoms with E-state index in [9.17, 15) is 4.79 Å². The number of carbonyl (C=O) groups is 1. The average Bonchev–Trinajstić information content (AvgIpc) is 3.32. The molecule has 4 aromatic rings. The second kappa shape index (κ2) is 6.10. The summed E-state index contributed by atoms with van der Waals surface area (Å²) >= 11 is 3.13. The number of hydrogen-bond acceptors (Lipinski definition) is 4. The zero-order valence-corrected chi connectivity index (χ0v) is 14.4. The van der Waals surface area contributed by atoms with Crippen LogP contribution in [-0.2, 0) is 0 Å². The Morgan fingerprint density at radius 3 is 2.96 bits per heavy atom. The van der Waals surface area contributed by atoms with E-state index in [0.29, 0.717) is 0 Å². The fraction of sp³-hybridized carbons (Fsp3) is 0.0588. The van der Waals surface area contributed by atoms with Crippen molar-refractivity contribution in [2.45, 2.75) is 0 Å². The van der Waals surface area contributed by atoms with Gasteiger partial charge in [0, 0.05) is 29.4 Å². The Morgan fingerprint density at radius 2 is 2.21 bits per heavy atom. The highest BCUT2D eigenvalue weighted by molar-refractivity contribution is 7.13. The lowest BCUT2D eigenvalue weighted by atomic mass is 10.2. The molecule has 5 nitrogen and oxygen atoms in total. The van der Waals surface area contributed by atoms with E-state index in [1.54, 1.807) is 40.8 Å². The summed E-state index contributed by atoms with van der Waals surface area (Å²) in [7, 11) is 1.76. The number of urea groups is 1. The highest BCUT2D eigenvalue weighted by Crippen LogP contribution is 2.31. The Labute approximate surface area is 146 Å². The molecule has 0 spiro atoms. The van der Waals surface area contributed by atoms with E-state index in [1.165, 1.54) is 0 Å². The van der Waals surface area contributed by atoms with Crippen molar-refractivity contribution in [1.29, 1.82) is 0 Å². The van der Waals surface area contributed by atoms with Crippen molar-refractivity contribution in [2.75, 3.05) is 17.3 Å². The van der Waals surface area contributed by atoms with Crippen molar-refractivity contribution in [3.05, 3.63) is 52.7 Å². The molecule has 120 valence electrons. The zero-order valence-electron chi connectivity index (χ0n) is 12.8. The SMILES string of the molecule is CN(C(=O)Nc1ccsc1)c1cccc2cc(-c3nccs3)[nH]c12.